The average Bonchev–Trinajstić information content (AvgIpc) is 2.59. The summed E-state index contributed by atoms with van der Waals surface area (Å²) < 4.78 is 5.34. The molecule has 0 saturated carbocycles. The molecule has 0 atom stereocenters. The summed E-state index contributed by atoms with van der Waals surface area (Å²) in [5.74, 6) is -0.269. The lowest BCUT2D eigenvalue weighted by Gasteiger charge is -2.40. The predicted molar refractivity (Wildman–Crippen MR) is 91.6 cm³/mol. The van der Waals surface area contributed by atoms with Crippen molar-refractivity contribution in [2.45, 2.75) is 19.4 Å². The van der Waals surface area contributed by atoms with Gasteiger partial charge in [0.15, 0.2) is 0 Å². The first-order valence-corrected chi connectivity index (χ1v) is 7.92. The van der Waals surface area contributed by atoms with Gasteiger partial charge in [0.25, 0.3) is 5.69 Å². The largest absolute Gasteiger partial charge is 0.379 e. The first-order valence-electron chi connectivity index (χ1n) is 7.92. The molecule has 1 aliphatic rings. The number of morpholine rings is 1. The van der Waals surface area contributed by atoms with Crippen LogP contribution in [0.5, 0.6) is 0 Å². The van der Waals surface area contributed by atoms with Crippen LogP contribution in [0.3, 0.4) is 0 Å². The molecule has 7 nitrogen and oxygen atoms in total. The lowest BCUT2D eigenvalue weighted by atomic mass is 10.0. The highest BCUT2D eigenvalue weighted by atomic mass is 16.6. The zero-order chi connectivity index (χ0) is 17.6. The van der Waals surface area contributed by atoms with Gasteiger partial charge in [0, 0.05) is 37.3 Å². The summed E-state index contributed by atoms with van der Waals surface area (Å²) in [6.07, 6.45) is 2.80. The lowest BCUT2D eigenvalue weighted by Crippen LogP contribution is -2.55. The van der Waals surface area contributed by atoms with Crippen molar-refractivity contribution in [3.8, 4) is 0 Å². The van der Waals surface area contributed by atoms with Crippen LogP contribution in [-0.2, 0) is 9.53 Å². The van der Waals surface area contributed by atoms with E-state index in [2.05, 4.69) is 24.1 Å². The Morgan fingerprint density at radius 2 is 2.04 bits per heavy atom. The minimum atomic E-state index is -0.459. The molecule has 0 aromatic heterocycles. The summed E-state index contributed by atoms with van der Waals surface area (Å²) >= 11 is 0. The van der Waals surface area contributed by atoms with Gasteiger partial charge >= 0.3 is 0 Å². The number of rotatable bonds is 6. The Bertz CT molecular complexity index is 622. The first kappa shape index (κ1) is 18.1. The molecule has 1 N–H and O–H groups in total. The molecule has 1 aliphatic heterocycles. The number of hydrogen-bond donors (Lipinski definition) is 1. The third-order valence-electron chi connectivity index (χ3n) is 4.11. The second-order valence-corrected chi connectivity index (χ2v) is 6.28. The Morgan fingerprint density at radius 3 is 2.71 bits per heavy atom. The fourth-order valence-electron chi connectivity index (χ4n) is 2.60. The molecular weight excluding hydrogens is 310 g/mol. The highest BCUT2D eigenvalue weighted by molar-refractivity contribution is 5.92. The highest BCUT2D eigenvalue weighted by Crippen LogP contribution is 2.19. The topological polar surface area (TPSA) is 84.7 Å². The minimum absolute atomic E-state index is 0.0183. The van der Waals surface area contributed by atoms with Gasteiger partial charge in [-0.1, -0.05) is 12.1 Å². The molecule has 2 rings (SSSR count). The average molecular weight is 333 g/mol. The second kappa shape index (κ2) is 8.03. The van der Waals surface area contributed by atoms with Gasteiger partial charge < -0.3 is 10.1 Å². The molecule has 0 radical (unpaired) electrons. The lowest BCUT2D eigenvalue weighted by molar-refractivity contribution is -0.385. The van der Waals surface area contributed by atoms with Crippen molar-refractivity contribution in [2.24, 2.45) is 0 Å². The monoisotopic (exact) mass is 333 g/mol. The molecule has 130 valence electrons. The maximum atomic E-state index is 12.0. The number of hydrogen-bond acceptors (Lipinski definition) is 5. The van der Waals surface area contributed by atoms with Gasteiger partial charge in [0.1, 0.15) is 0 Å². The molecule has 1 amide bonds. The van der Waals surface area contributed by atoms with Gasteiger partial charge in [-0.05, 0) is 26.0 Å². The maximum absolute atomic E-state index is 12.0. The van der Waals surface area contributed by atoms with E-state index in [1.807, 2.05) is 0 Å². The van der Waals surface area contributed by atoms with Gasteiger partial charge in [-0.15, -0.1) is 0 Å². The van der Waals surface area contributed by atoms with Crippen LogP contribution < -0.4 is 5.32 Å². The number of carbonyl (C=O) groups excluding carboxylic acids is 1. The van der Waals surface area contributed by atoms with Crippen molar-refractivity contribution in [2.75, 3.05) is 32.8 Å². The summed E-state index contributed by atoms with van der Waals surface area (Å²) in [4.78, 5) is 24.8. The van der Waals surface area contributed by atoms with Crippen LogP contribution in [0.15, 0.2) is 30.3 Å². The number of nitrogens with one attached hydrogen (secondary N) is 1. The first-order chi connectivity index (χ1) is 11.4. The van der Waals surface area contributed by atoms with Crippen LogP contribution in [0.2, 0.25) is 0 Å². The summed E-state index contributed by atoms with van der Waals surface area (Å²) in [7, 11) is 0. The zero-order valence-electron chi connectivity index (χ0n) is 14.0. The van der Waals surface area contributed by atoms with E-state index >= 15 is 0 Å². The van der Waals surface area contributed by atoms with Crippen LogP contribution in [0, 0.1) is 10.1 Å². The van der Waals surface area contributed by atoms with E-state index in [4.69, 9.17) is 4.74 Å². The quantitative estimate of drug-likeness (QED) is 0.488. The number of ether oxygens (including phenoxy) is 1. The van der Waals surface area contributed by atoms with Gasteiger partial charge in [0.05, 0.1) is 23.7 Å². The van der Waals surface area contributed by atoms with Crippen molar-refractivity contribution in [1.29, 1.82) is 0 Å². The fourth-order valence-corrected chi connectivity index (χ4v) is 2.60. The molecule has 24 heavy (non-hydrogen) atoms. The Hall–Kier alpha value is -2.25. The van der Waals surface area contributed by atoms with Crippen LogP contribution in [-0.4, -0.2) is 54.1 Å². The maximum Gasteiger partial charge on any atom is 0.276 e. The molecule has 1 aromatic rings. The van der Waals surface area contributed by atoms with Crippen LogP contribution in [0.4, 0.5) is 5.69 Å². The van der Waals surface area contributed by atoms with E-state index in [-0.39, 0.29) is 17.1 Å². The summed E-state index contributed by atoms with van der Waals surface area (Å²) in [5.41, 5.74) is 0.215. The summed E-state index contributed by atoms with van der Waals surface area (Å²) in [6.45, 7) is 7.73. The smallest absolute Gasteiger partial charge is 0.276 e. The van der Waals surface area contributed by atoms with Crippen molar-refractivity contribution in [3.63, 3.8) is 0 Å². The fraction of sp³-hybridized carbons (Fsp3) is 0.471. The number of para-hydroxylation sites is 1. The highest BCUT2D eigenvalue weighted by Gasteiger charge is 2.28. The molecule has 0 spiro atoms. The number of carbonyl (C=O) groups is 1. The van der Waals surface area contributed by atoms with Crippen molar-refractivity contribution in [1.82, 2.24) is 10.2 Å². The van der Waals surface area contributed by atoms with Gasteiger partial charge in [-0.2, -0.15) is 0 Å². The second-order valence-electron chi connectivity index (χ2n) is 6.28. The Balaban J connectivity index is 1.92. The van der Waals surface area contributed by atoms with Crippen molar-refractivity contribution >= 4 is 17.7 Å². The minimum Gasteiger partial charge on any atom is -0.379 e. The van der Waals surface area contributed by atoms with Crippen molar-refractivity contribution < 1.29 is 14.5 Å². The van der Waals surface area contributed by atoms with Crippen LogP contribution in [0.25, 0.3) is 6.08 Å². The van der Waals surface area contributed by atoms with Crippen LogP contribution in [0.1, 0.15) is 19.4 Å². The van der Waals surface area contributed by atoms with E-state index in [0.717, 1.165) is 13.1 Å². The molecule has 0 unspecified atom stereocenters. The molecule has 1 saturated heterocycles. The summed E-state index contributed by atoms with van der Waals surface area (Å²) in [5, 5.41) is 13.8. The van der Waals surface area contributed by atoms with E-state index < -0.39 is 4.92 Å². The van der Waals surface area contributed by atoms with E-state index in [9.17, 15) is 14.9 Å². The third kappa shape index (κ3) is 4.87. The number of benzene rings is 1. The summed E-state index contributed by atoms with van der Waals surface area (Å²) in [6, 6.07) is 6.32. The molecule has 1 heterocycles. The number of nitro benzene ring substituents is 1. The standard InChI is InChI=1S/C17H23N3O4/c1-17(2,19-9-11-24-12-10-19)13-18-16(21)8-7-14-5-3-4-6-15(14)20(22)23/h3-8H,9-13H2,1-2H3,(H,18,21)/b8-7+. The van der Waals surface area contributed by atoms with Gasteiger partial charge in [0.2, 0.25) is 5.91 Å². The molecular formula is C17H23N3O4. The van der Waals surface area contributed by atoms with Crippen molar-refractivity contribution in [3.05, 3.63) is 46.0 Å². The van der Waals surface area contributed by atoms with E-state index in [0.29, 0.717) is 25.3 Å². The molecule has 0 aliphatic carbocycles. The number of nitrogens with zero attached hydrogens (tertiary/aromatic N) is 2. The zero-order valence-corrected chi connectivity index (χ0v) is 14.0. The Morgan fingerprint density at radius 1 is 1.38 bits per heavy atom. The molecule has 0 bridgehead atoms. The number of amides is 1. The van der Waals surface area contributed by atoms with Gasteiger partial charge in [-0.25, -0.2) is 0 Å². The predicted octanol–water partition coefficient (Wildman–Crippen LogP) is 1.83. The van der Waals surface area contributed by atoms with Gasteiger partial charge in [-0.3, -0.25) is 19.8 Å². The molecule has 1 aromatic carbocycles. The van der Waals surface area contributed by atoms with Crippen LogP contribution >= 0.6 is 0 Å². The Kier molecular flexibility index (Phi) is 6.05. The van der Waals surface area contributed by atoms with E-state index in [1.165, 1.54) is 18.2 Å². The van der Waals surface area contributed by atoms with E-state index in [1.54, 1.807) is 18.2 Å². The molecule has 7 heteroatoms. The SMILES string of the molecule is CC(C)(CNC(=O)/C=C/c1ccccc1[N+](=O)[O-])N1CCOCC1. The molecule has 1 fully saturated rings. The third-order valence-corrected chi connectivity index (χ3v) is 4.11. The Labute approximate surface area is 141 Å². The normalized spacial score (nSPS) is 16.2. The number of nitro groups is 1.